The predicted octanol–water partition coefficient (Wildman–Crippen LogP) is -0.457. The van der Waals surface area contributed by atoms with Gasteiger partial charge in [-0.05, 0) is 24.1 Å². The Balaban J connectivity index is 2.13. The first-order valence-electron chi connectivity index (χ1n) is 8.37. The number of amides is 2. The maximum Gasteiger partial charge on any atom is 0.348 e. The van der Waals surface area contributed by atoms with Gasteiger partial charge in [-0.1, -0.05) is 0 Å². The third-order valence-corrected chi connectivity index (χ3v) is 4.82. The Bertz CT molecular complexity index is 1010. The van der Waals surface area contributed by atoms with E-state index in [0.717, 1.165) is 16.8 Å². The minimum atomic E-state index is -0.631. The molecule has 1 aromatic carbocycles. The minimum Gasteiger partial charge on any atom is -0.493 e. The number of benzene rings is 1. The van der Waals surface area contributed by atoms with Gasteiger partial charge in [0.2, 0.25) is 0 Å². The number of primary amides is 1. The summed E-state index contributed by atoms with van der Waals surface area (Å²) in [5.74, 6) is 1.26. The maximum atomic E-state index is 13.0. The smallest absolute Gasteiger partial charge is 0.348 e. The molecule has 10 heteroatoms. The molecular formula is C17H20AlN5O4. The average molecular weight is 385 g/mol. The molecule has 2 radical (unpaired) electrons. The van der Waals surface area contributed by atoms with Crippen molar-refractivity contribution in [3.05, 3.63) is 39.7 Å². The van der Waals surface area contributed by atoms with Crippen molar-refractivity contribution in [2.45, 2.75) is 19.5 Å². The van der Waals surface area contributed by atoms with E-state index in [1.807, 2.05) is 18.2 Å². The van der Waals surface area contributed by atoms with Crippen molar-refractivity contribution in [2.24, 2.45) is 9.71 Å². The Labute approximate surface area is 164 Å². The van der Waals surface area contributed by atoms with E-state index in [4.69, 9.17) is 15.2 Å². The number of carbonyl (C=O) groups is 1. The van der Waals surface area contributed by atoms with Crippen LogP contribution in [0.25, 0.3) is 11.3 Å². The van der Waals surface area contributed by atoms with E-state index in [9.17, 15) is 9.59 Å². The van der Waals surface area contributed by atoms with Crippen LogP contribution in [0.4, 0.5) is 4.79 Å². The topological polar surface area (TPSA) is 113 Å². The quantitative estimate of drug-likeness (QED) is 0.679. The molecule has 1 aliphatic rings. The lowest BCUT2D eigenvalue weighted by Gasteiger charge is -2.24. The molecule has 1 aliphatic heterocycles. The van der Waals surface area contributed by atoms with E-state index in [1.54, 1.807) is 18.8 Å². The number of rotatable bonds is 5. The highest BCUT2D eigenvalue weighted by molar-refractivity contribution is 6.05. The zero-order valence-electron chi connectivity index (χ0n) is 15.2. The van der Waals surface area contributed by atoms with Crippen LogP contribution in [0.2, 0.25) is 0 Å². The number of aryl methyl sites for hydroxylation is 1. The summed E-state index contributed by atoms with van der Waals surface area (Å²) >= 11 is 2.27. The average Bonchev–Trinajstić information content (AvgIpc) is 2.67. The Hall–Kier alpha value is -2.70. The zero-order valence-corrected chi connectivity index (χ0v) is 16.3. The number of hydrogen-bond acceptors (Lipinski definition) is 5. The molecule has 0 fully saturated rings. The molecule has 0 bridgehead atoms. The first kappa shape index (κ1) is 19.1. The highest BCUT2D eigenvalue weighted by Gasteiger charge is 2.21. The number of nitrogens with one attached hydrogen (secondary N) is 1. The fourth-order valence-electron chi connectivity index (χ4n) is 3.27. The zero-order chi connectivity index (χ0) is 19.6. The molecule has 9 nitrogen and oxygen atoms in total. The molecule has 0 saturated carbocycles. The van der Waals surface area contributed by atoms with Gasteiger partial charge < -0.3 is 24.5 Å². The number of fused-ring (bicyclic) bond motifs is 3. The highest BCUT2D eigenvalue weighted by Crippen LogP contribution is 2.37. The minimum absolute atomic E-state index is 0.194. The fourth-order valence-corrected chi connectivity index (χ4v) is 3.48. The molecule has 2 heterocycles. The molecular weight excluding hydrogens is 365 g/mol. The second kappa shape index (κ2) is 7.90. The van der Waals surface area contributed by atoms with E-state index in [-0.39, 0.29) is 18.8 Å². The molecule has 2 amide bonds. The maximum absolute atomic E-state index is 13.0. The normalized spacial score (nSPS) is 12.9. The molecule has 140 valence electrons. The Morgan fingerprint density at radius 2 is 2.00 bits per heavy atom. The number of urea groups is 1. The Kier molecular flexibility index (Phi) is 5.58. The molecule has 2 aromatic rings. The largest absolute Gasteiger partial charge is 0.493 e. The van der Waals surface area contributed by atoms with Crippen LogP contribution in [0.3, 0.4) is 0 Å². The standard InChI is InChI=1S/C17H20N5O4.Al/c1-25-13-7-10-3-5-21-12(11(10)8-14(13)26-2)9-15(18)22(17(21)24)6-4-20-16(19)23;/h7-9H,3-6H2,1-2H3,(H3,19,20,23);/q-1;+1. The molecule has 0 saturated heterocycles. The van der Waals surface area contributed by atoms with Crippen LogP contribution in [0.1, 0.15) is 5.56 Å². The number of carbonyl (C=O) groups excluding carboxylic acids is 1. The summed E-state index contributed by atoms with van der Waals surface area (Å²) < 4.78 is 18.2. The summed E-state index contributed by atoms with van der Waals surface area (Å²) in [6.07, 6.45) is 0.694. The van der Waals surface area contributed by atoms with Gasteiger partial charge in [0.1, 0.15) is 5.49 Å². The summed E-state index contributed by atoms with van der Waals surface area (Å²) in [6, 6.07) is 5.04. The lowest BCUT2D eigenvalue weighted by Crippen LogP contribution is -2.44. The van der Waals surface area contributed by atoms with Crippen LogP contribution in [-0.4, -0.2) is 52.4 Å². The first-order chi connectivity index (χ1) is 13.0. The van der Waals surface area contributed by atoms with Crippen molar-refractivity contribution in [2.75, 3.05) is 20.8 Å². The van der Waals surface area contributed by atoms with Crippen molar-refractivity contribution in [3.8, 4) is 22.8 Å². The van der Waals surface area contributed by atoms with Crippen molar-refractivity contribution in [1.29, 1.82) is 0 Å². The summed E-state index contributed by atoms with van der Waals surface area (Å²) in [5, 5.41) is 2.49. The van der Waals surface area contributed by atoms with E-state index in [2.05, 4.69) is 25.8 Å². The van der Waals surface area contributed by atoms with Crippen LogP contribution >= 0.6 is 0 Å². The summed E-state index contributed by atoms with van der Waals surface area (Å²) in [6.45, 7) is 1.05. The van der Waals surface area contributed by atoms with Gasteiger partial charge in [-0.3, -0.25) is 9.13 Å². The van der Waals surface area contributed by atoms with E-state index >= 15 is 0 Å². The summed E-state index contributed by atoms with van der Waals surface area (Å²) in [4.78, 5) is 23.9. The lowest BCUT2D eigenvalue weighted by atomic mass is 9.97. The monoisotopic (exact) mass is 385 g/mol. The SMILES string of the molecule is COc1cc2c(cc1OC)-c1c/c(=[N]\[Al])n(CCNC(N)=O)c(=O)n1CC2. The van der Waals surface area contributed by atoms with Crippen LogP contribution < -0.4 is 31.7 Å². The molecule has 1 aromatic heterocycles. The third kappa shape index (κ3) is 3.59. The van der Waals surface area contributed by atoms with Crippen LogP contribution in [0.5, 0.6) is 11.5 Å². The van der Waals surface area contributed by atoms with Gasteiger partial charge in [-0.15, -0.1) is 0 Å². The van der Waals surface area contributed by atoms with Crippen LogP contribution in [0.15, 0.2) is 27.0 Å². The third-order valence-electron chi connectivity index (χ3n) is 4.55. The molecule has 0 atom stereocenters. The van der Waals surface area contributed by atoms with E-state index in [0.29, 0.717) is 30.0 Å². The van der Waals surface area contributed by atoms with Gasteiger partial charge in [-0.2, -0.15) is 0 Å². The molecule has 27 heavy (non-hydrogen) atoms. The molecule has 0 spiro atoms. The number of aromatic nitrogens is 2. The highest BCUT2D eigenvalue weighted by atomic mass is 27.1. The number of ether oxygens (including phenoxy) is 2. The number of nitrogens with zero attached hydrogens (tertiary/aromatic N) is 3. The van der Waals surface area contributed by atoms with Gasteiger partial charge in [-0.25, -0.2) is 9.59 Å². The molecule has 3 rings (SSSR count). The predicted molar refractivity (Wildman–Crippen MR) is 99.8 cm³/mol. The van der Waals surface area contributed by atoms with E-state index < -0.39 is 6.03 Å². The van der Waals surface area contributed by atoms with Crippen molar-refractivity contribution >= 4 is 22.5 Å². The molecule has 3 N–H and O–H groups in total. The lowest BCUT2D eigenvalue weighted by molar-refractivity contribution is 0.248. The fraction of sp³-hybridized carbons (Fsp3) is 0.353. The van der Waals surface area contributed by atoms with Gasteiger partial charge in [0.25, 0.3) is 0 Å². The van der Waals surface area contributed by atoms with Crippen molar-refractivity contribution in [3.63, 3.8) is 0 Å². The van der Waals surface area contributed by atoms with Crippen molar-refractivity contribution in [1.82, 2.24) is 14.5 Å². The Morgan fingerprint density at radius 1 is 1.30 bits per heavy atom. The van der Waals surface area contributed by atoms with E-state index in [1.165, 1.54) is 4.57 Å². The summed E-state index contributed by atoms with van der Waals surface area (Å²) in [5.41, 5.74) is 8.14. The second-order valence-electron chi connectivity index (χ2n) is 6.01. The van der Waals surface area contributed by atoms with Gasteiger partial charge in [0.05, 0.1) is 19.9 Å². The van der Waals surface area contributed by atoms with Crippen LogP contribution in [-0.2, 0) is 19.5 Å². The summed E-state index contributed by atoms with van der Waals surface area (Å²) in [7, 11) is 3.17. The number of methoxy groups -OCH3 is 2. The van der Waals surface area contributed by atoms with Gasteiger partial charge in [0, 0.05) is 31.3 Å². The molecule has 0 unspecified atom stereocenters. The van der Waals surface area contributed by atoms with Gasteiger partial charge in [0.15, 0.2) is 11.5 Å². The van der Waals surface area contributed by atoms with Crippen molar-refractivity contribution < 1.29 is 14.3 Å². The number of hydrogen-bond donors (Lipinski definition) is 2. The van der Waals surface area contributed by atoms with Gasteiger partial charge >= 0.3 is 28.2 Å². The molecule has 0 aliphatic carbocycles. The second-order valence-corrected chi connectivity index (χ2v) is 6.27. The first-order valence-corrected chi connectivity index (χ1v) is 8.89. The Morgan fingerprint density at radius 3 is 2.63 bits per heavy atom. The van der Waals surface area contributed by atoms with Crippen LogP contribution in [0, 0.1) is 0 Å². The number of nitrogens with two attached hydrogens (primary N) is 1.